The summed E-state index contributed by atoms with van der Waals surface area (Å²) < 4.78 is 7.20. The Bertz CT molecular complexity index is 468. The lowest BCUT2D eigenvalue weighted by atomic mass is 9.74. The second kappa shape index (κ2) is 6.39. The van der Waals surface area contributed by atoms with E-state index in [0.29, 0.717) is 5.92 Å². The van der Waals surface area contributed by atoms with E-state index in [0.717, 1.165) is 29.5 Å². The van der Waals surface area contributed by atoms with Gasteiger partial charge in [0.25, 0.3) is 0 Å². The highest BCUT2D eigenvalue weighted by molar-refractivity contribution is 9.10. The first-order chi connectivity index (χ1) is 10.1. The van der Waals surface area contributed by atoms with E-state index in [9.17, 15) is 5.11 Å². The van der Waals surface area contributed by atoms with Crippen LogP contribution >= 0.6 is 15.9 Å². The molecular formula is C18H25BrO2. The molecule has 1 aliphatic carbocycles. The van der Waals surface area contributed by atoms with E-state index in [1.54, 1.807) is 0 Å². The van der Waals surface area contributed by atoms with Crippen LogP contribution in [0.4, 0.5) is 0 Å². The number of benzene rings is 1. The first-order valence-electron chi connectivity index (χ1n) is 8.17. The van der Waals surface area contributed by atoms with Gasteiger partial charge in [-0.15, -0.1) is 0 Å². The average Bonchev–Trinajstić information content (AvgIpc) is 2.46. The zero-order valence-corrected chi connectivity index (χ0v) is 14.4. The third-order valence-corrected chi connectivity index (χ3v) is 5.61. The second-order valence-corrected chi connectivity index (χ2v) is 7.77. The van der Waals surface area contributed by atoms with E-state index in [1.807, 2.05) is 0 Å². The van der Waals surface area contributed by atoms with Crippen LogP contribution in [0.5, 0.6) is 0 Å². The molecule has 1 aromatic carbocycles. The van der Waals surface area contributed by atoms with Crippen LogP contribution in [0, 0.1) is 12.8 Å². The number of hydrogen-bond donors (Lipinski definition) is 1. The average molecular weight is 353 g/mol. The van der Waals surface area contributed by atoms with Crippen molar-refractivity contribution in [2.24, 2.45) is 5.92 Å². The molecule has 2 nitrogen and oxygen atoms in total. The maximum Gasteiger partial charge on any atom is 0.0820 e. The molecule has 0 bridgehead atoms. The van der Waals surface area contributed by atoms with E-state index < -0.39 is 0 Å². The minimum absolute atomic E-state index is 0.0587. The molecule has 1 heterocycles. The zero-order valence-electron chi connectivity index (χ0n) is 12.8. The van der Waals surface area contributed by atoms with Gasteiger partial charge in [-0.05, 0) is 61.8 Å². The molecule has 2 aliphatic rings. The van der Waals surface area contributed by atoms with E-state index in [-0.39, 0.29) is 11.7 Å². The summed E-state index contributed by atoms with van der Waals surface area (Å²) >= 11 is 3.54. The van der Waals surface area contributed by atoms with Gasteiger partial charge in [-0.1, -0.05) is 41.3 Å². The summed E-state index contributed by atoms with van der Waals surface area (Å²) in [5, 5.41) is 10.8. The van der Waals surface area contributed by atoms with E-state index >= 15 is 0 Å². The summed E-state index contributed by atoms with van der Waals surface area (Å²) in [5.41, 5.74) is 2.29. The Morgan fingerprint density at radius 2 is 2.00 bits per heavy atom. The van der Waals surface area contributed by atoms with Gasteiger partial charge in [-0.2, -0.15) is 0 Å². The summed E-state index contributed by atoms with van der Waals surface area (Å²) in [6.45, 7) is 2.88. The third kappa shape index (κ3) is 3.52. The van der Waals surface area contributed by atoms with Gasteiger partial charge >= 0.3 is 0 Å². The molecule has 21 heavy (non-hydrogen) atoms. The van der Waals surface area contributed by atoms with Crippen LogP contribution in [0.1, 0.15) is 62.2 Å². The van der Waals surface area contributed by atoms with Crippen molar-refractivity contribution >= 4 is 15.9 Å². The first kappa shape index (κ1) is 15.5. The van der Waals surface area contributed by atoms with Crippen molar-refractivity contribution in [1.82, 2.24) is 0 Å². The SMILES string of the molecule is Cc1cc(Br)cc(C(O)C2CCOC3(CCCCC3)C2)c1. The lowest BCUT2D eigenvalue weighted by Gasteiger charge is -2.44. The highest BCUT2D eigenvalue weighted by atomic mass is 79.9. The third-order valence-electron chi connectivity index (χ3n) is 5.15. The predicted octanol–water partition coefficient (Wildman–Crippen LogP) is 4.92. The van der Waals surface area contributed by atoms with E-state index in [4.69, 9.17) is 4.74 Å². The summed E-state index contributed by atoms with van der Waals surface area (Å²) in [6, 6.07) is 6.25. The molecule has 1 spiro atoms. The number of aryl methyl sites for hydroxylation is 1. The highest BCUT2D eigenvalue weighted by Crippen LogP contribution is 2.44. The van der Waals surface area contributed by atoms with Gasteiger partial charge in [-0.25, -0.2) is 0 Å². The zero-order chi connectivity index (χ0) is 14.9. The molecule has 1 aromatic rings. The summed E-state index contributed by atoms with van der Waals surface area (Å²) in [5.74, 6) is 0.325. The number of hydrogen-bond acceptors (Lipinski definition) is 2. The van der Waals surface area contributed by atoms with Crippen molar-refractivity contribution in [2.75, 3.05) is 6.61 Å². The van der Waals surface area contributed by atoms with Gasteiger partial charge in [0.05, 0.1) is 11.7 Å². The minimum atomic E-state index is -0.371. The number of aliphatic hydroxyl groups is 1. The molecule has 1 aliphatic heterocycles. The first-order valence-corrected chi connectivity index (χ1v) is 8.96. The number of ether oxygens (including phenoxy) is 1. The van der Waals surface area contributed by atoms with E-state index in [1.165, 1.54) is 37.7 Å². The largest absolute Gasteiger partial charge is 0.388 e. The Morgan fingerprint density at radius 1 is 1.24 bits per heavy atom. The molecule has 0 amide bonds. The Labute approximate surface area is 136 Å². The van der Waals surface area contributed by atoms with E-state index in [2.05, 4.69) is 41.1 Å². The molecule has 2 atom stereocenters. The van der Waals surface area contributed by atoms with Crippen molar-refractivity contribution in [3.05, 3.63) is 33.8 Å². The fourth-order valence-electron chi connectivity index (χ4n) is 4.09. The van der Waals surface area contributed by atoms with Crippen LogP contribution < -0.4 is 0 Å². The lowest BCUT2D eigenvalue weighted by molar-refractivity contribution is -0.134. The van der Waals surface area contributed by atoms with Gasteiger partial charge in [0.2, 0.25) is 0 Å². The Balaban J connectivity index is 1.76. The van der Waals surface area contributed by atoms with Crippen molar-refractivity contribution in [1.29, 1.82) is 0 Å². The molecule has 0 aromatic heterocycles. The van der Waals surface area contributed by atoms with Crippen LogP contribution in [-0.4, -0.2) is 17.3 Å². The van der Waals surface area contributed by atoms with Crippen LogP contribution in [0.15, 0.2) is 22.7 Å². The van der Waals surface area contributed by atoms with Gasteiger partial charge in [0.15, 0.2) is 0 Å². The Hall–Kier alpha value is -0.380. The molecule has 1 N–H and O–H groups in total. The molecule has 3 heteroatoms. The number of halogens is 1. The van der Waals surface area contributed by atoms with Gasteiger partial charge in [0, 0.05) is 11.1 Å². The molecule has 1 saturated heterocycles. The number of rotatable bonds is 2. The van der Waals surface area contributed by atoms with Crippen molar-refractivity contribution < 1.29 is 9.84 Å². The Kier molecular flexibility index (Phi) is 4.72. The predicted molar refractivity (Wildman–Crippen MR) is 88.3 cm³/mol. The smallest absolute Gasteiger partial charge is 0.0820 e. The van der Waals surface area contributed by atoms with Crippen LogP contribution in [0.3, 0.4) is 0 Å². The van der Waals surface area contributed by atoms with Gasteiger partial charge < -0.3 is 9.84 Å². The van der Waals surface area contributed by atoms with Crippen LogP contribution in [0.2, 0.25) is 0 Å². The van der Waals surface area contributed by atoms with Crippen molar-refractivity contribution in [3.63, 3.8) is 0 Å². The maximum absolute atomic E-state index is 10.8. The fourth-order valence-corrected chi connectivity index (χ4v) is 4.71. The van der Waals surface area contributed by atoms with Crippen molar-refractivity contribution in [3.8, 4) is 0 Å². The standard InChI is InChI=1S/C18H25BrO2/c1-13-9-15(11-16(19)10-13)17(20)14-5-8-21-18(12-14)6-3-2-4-7-18/h9-11,14,17,20H,2-8,12H2,1H3. The monoisotopic (exact) mass is 352 g/mol. The molecular weight excluding hydrogens is 328 g/mol. The highest BCUT2D eigenvalue weighted by Gasteiger charge is 2.40. The normalized spacial score (nSPS) is 26.7. The van der Waals surface area contributed by atoms with Crippen molar-refractivity contribution in [2.45, 2.75) is 63.6 Å². The van der Waals surface area contributed by atoms with Crippen LogP contribution in [-0.2, 0) is 4.74 Å². The summed E-state index contributed by atoms with van der Waals surface area (Å²) in [7, 11) is 0. The molecule has 2 fully saturated rings. The minimum Gasteiger partial charge on any atom is -0.388 e. The lowest BCUT2D eigenvalue weighted by Crippen LogP contribution is -2.42. The fraction of sp³-hybridized carbons (Fsp3) is 0.667. The molecule has 116 valence electrons. The summed E-state index contributed by atoms with van der Waals surface area (Å²) in [4.78, 5) is 0. The number of aliphatic hydroxyl groups excluding tert-OH is 1. The van der Waals surface area contributed by atoms with Gasteiger partial charge in [-0.3, -0.25) is 0 Å². The topological polar surface area (TPSA) is 29.5 Å². The maximum atomic E-state index is 10.8. The molecule has 1 saturated carbocycles. The molecule has 0 radical (unpaired) electrons. The van der Waals surface area contributed by atoms with Gasteiger partial charge in [0.1, 0.15) is 0 Å². The second-order valence-electron chi connectivity index (χ2n) is 6.85. The van der Waals surface area contributed by atoms with Crippen LogP contribution in [0.25, 0.3) is 0 Å². The summed E-state index contributed by atoms with van der Waals surface area (Å²) in [6.07, 6.45) is 7.85. The quantitative estimate of drug-likeness (QED) is 0.818. The molecule has 2 unspecified atom stereocenters. The molecule has 3 rings (SSSR count). The Morgan fingerprint density at radius 3 is 2.71 bits per heavy atom.